The monoisotopic (exact) mass is 531 g/mol. The van der Waals surface area contributed by atoms with Crippen LogP contribution in [0.3, 0.4) is 0 Å². The summed E-state index contributed by atoms with van der Waals surface area (Å²) in [4.78, 5) is 39.2. The third kappa shape index (κ3) is 3.44. The summed E-state index contributed by atoms with van der Waals surface area (Å²) in [5.41, 5.74) is -0.0363. The second kappa shape index (κ2) is 7.55. The van der Waals surface area contributed by atoms with Gasteiger partial charge in [0.05, 0.1) is 21.1 Å². The Morgan fingerprint density at radius 2 is 1.87 bits per heavy atom. The van der Waals surface area contributed by atoms with Crippen LogP contribution < -0.4 is 20.9 Å². The lowest BCUT2D eigenvalue weighted by atomic mass is 10.1. The number of anilines is 1. The number of halogens is 2. The molecular weight excluding hydrogens is 522 g/mol. The number of amides is 1. The van der Waals surface area contributed by atoms with Gasteiger partial charge in [0.25, 0.3) is 5.56 Å². The molecule has 1 aliphatic rings. The van der Waals surface area contributed by atoms with E-state index >= 15 is 0 Å². The van der Waals surface area contributed by atoms with Crippen LogP contribution in [0.15, 0.2) is 48.9 Å². The van der Waals surface area contributed by atoms with Gasteiger partial charge in [0.1, 0.15) is 11.8 Å². The Hall–Kier alpha value is -3.23. The molecule has 0 radical (unpaired) electrons. The maximum absolute atomic E-state index is 12.1. The lowest BCUT2D eigenvalue weighted by molar-refractivity contribution is -0.117. The molecule has 4 rings (SSSR count). The van der Waals surface area contributed by atoms with Crippen molar-refractivity contribution in [1.82, 2.24) is 14.8 Å². The second-order valence-corrected chi connectivity index (χ2v) is 8.10. The fourth-order valence-corrected chi connectivity index (χ4v) is 4.37. The molecule has 30 heavy (non-hydrogen) atoms. The summed E-state index contributed by atoms with van der Waals surface area (Å²) in [7, 11) is 1.73. The fourth-order valence-electron chi connectivity index (χ4n) is 3.04. The Morgan fingerprint density at radius 1 is 1.17 bits per heavy atom. The van der Waals surface area contributed by atoms with E-state index in [0.29, 0.717) is 32.6 Å². The van der Waals surface area contributed by atoms with Crippen LogP contribution in [0.5, 0.6) is 11.5 Å². The molecule has 2 heterocycles. The van der Waals surface area contributed by atoms with Crippen LogP contribution in [0.2, 0.25) is 0 Å². The van der Waals surface area contributed by atoms with Gasteiger partial charge in [-0.15, -0.1) is 5.10 Å². The van der Waals surface area contributed by atoms with Gasteiger partial charge < -0.3 is 9.64 Å². The SMILES string of the molecule is CN1C(=O)Cc2cc(Oc3c(Br)cc(-n4nc(C#N)c(=O)[nH]c4=O)cc3Br)ccc21. The number of nitrogens with one attached hydrogen (secondary N) is 1. The molecular formula is C19H11Br2N5O4. The predicted molar refractivity (Wildman–Crippen MR) is 114 cm³/mol. The number of carbonyl (C=O) groups is 1. The molecule has 1 aliphatic heterocycles. The van der Waals surface area contributed by atoms with E-state index in [4.69, 9.17) is 10.00 Å². The molecule has 0 aliphatic carbocycles. The third-order valence-electron chi connectivity index (χ3n) is 4.51. The first kappa shape index (κ1) is 20.1. The van der Waals surface area contributed by atoms with E-state index in [-0.39, 0.29) is 5.91 Å². The van der Waals surface area contributed by atoms with E-state index in [1.165, 1.54) is 0 Å². The lowest BCUT2D eigenvalue weighted by Gasteiger charge is -2.14. The summed E-state index contributed by atoms with van der Waals surface area (Å²) in [5, 5.41) is 12.8. The highest BCUT2D eigenvalue weighted by atomic mass is 79.9. The summed E-state index contributed by atoms with van der Waals surface area (Å²) in [6.07, 6.45) is 0.312. The Morgan fingerprint density at radius 3 is 2.53 bits per heavy atom. The van der Waals surface area contributed by atoms with Gasteiger partial charge in [0, 0.05) is 12.7 Å². The Labute approximate surface area is 185 Å². The molecule has 0 spiro atoms. The third-order valence-corrected chi connectivity index (χ3v) is 5.69. The Kier molecular flexibility index (Phi) is 5.05. The van der Waals surface area contributed by atoms with Crippen LogP contribution in [-0.2, 0) is 11.2 Å². The van der Waals surface area contributed by atoms with E-state index < -0.39 is 16.9 Å². The van der Waals surface area contributed by atoms with Crippen LogP contribution in [0.25, 0.3) is 5.69 Å². The molecule has 3 aromatic rings. The molecule has 150 valence electrons. The molecule has 11 heteroatoms. The van der Waals surface area contributed by atoms with Crippen molar-refractivity contribution in [2.24, 2.45) is 0 Å². The van der Waals surface area contributed by atoms with Crippen molar-refractivity contribution in [2.45, 2.75) is 6.42 Å². The second-order valence-electron chi connectivity index (χ2n) is 6.39. The summed E-state index contributed by atoms with van der Waals surface area (Å²) >= 11 is 6.82. The minimum absolute atomic E-state index is 0.0180. The predicted octanol–water partition coefficient (Wildman–Crippen LogP) is 2.63. The van der Waals surface area contributed by atoms with Crippen molar-refractivity contribution in [3.8, 4) is 23.3 Å². The number of rotatable bonds is 3. The number of fused-ring (bicyclic) bond motifs is 1. The van der Waals surface area contributed by atoms with Crippen molar-refractivity contribution >= 4 is 43.5 Å². The number of hydrogen-bond acceptors (Lipinski definition) is 6. The van der Waals surface area contributed by atoms with Gasteiger partial charge in [-0.1, -0.05) is 0 Å². The molecule has 0 saturated heterocycles. The van der Waals surface area contributed by atoms with Crippen molar-refractivity contribution < 1.29 is 9.53 Å². The molecule has 1 amide bonds. The number of aromatic amines is 1. The Balaban J connectivity index is 1.71. The summed E-state index contributed by atoms with van der Waals surface area (Å²) in [5.74, 6) is 0.996. The maximum Gasteiger partial charge on any atom is 0.349 e. The topological polar surface area (TPSA) is 121 Å². The molecule has 2 aromatic carbocycles. The van der Waals surface area contributed by atoms with Crippen LogP contribution in [0, 0.1) is 11.3 Å². The first-order chi connectivity index (χ1) is 14.3. The van der Waals surface area contributed by atoms with Gasteiger partial charge in [0.15, 0.2) is 5.75 Å². The smallest absolute Gasteiger partial charge is 0.349 e. The molecule has 1 N–H and O–H groups in total. The van der Waals surface area contributed by atoms with Gasteiger partial charge in [-0.25, -0.2) is 4.79 Å². The normalized spacial score (nSPS) is 12.6. The molecule has 0 bridgehead atoms. The number of nitrogens with zero attached hydrogens (tertiary/aromatic N) is 4. The van der Waals surface area contributed by atoms with Crippen LogP contribution in [-0.4, -0.2) is 27.7 Å². The number of aromatic nitrogens is 3. The maximum atomic E-state index is 12.1. The lowest BCUT2D eigenvalue weighted by Crippen LogP contribution is -2.33. The molecule has 0 atom stereocenters. The van der Waals surface area contributed by atoms with Crippen LogP contribution in [0.1, 0.15) is 11.3 Å². The number of benzene rings is 2. The Bertz CT molecular complexity index is 1350. The van der Waals surface area contributed by atoms with Crippen LogP contribution in [0.4, 0.5) is 5.69 Å². The molecule has 9 nitrogen and oxygen atoms in total. The number of H-pyrrole nitrogens is 1. The first-order valence-corrected chi connectivity index (χ1v) is 10.1. The zero-order chi connectivity index (χ0) is 21.6. The quantitative estimate of drug-likeness (QED) is 0.553. The van der Waals surface area contributed by atoms with Gasteiger partial charge in [0.2, 0.25) is 11.6 Å². The minimum atomic E-state index is -0.849. The fraction of sp³-hybridized carbons (Fsp3) is 0.105. The molecule has 0 unspecified atom stereocenters. The summed E-state index contributed by atoms with van der Waals surface area (Å²) < 4.78 is 7.89. The van der Waals surface area contributed by atoms with Gasteiger partial charge in [-0.2, -0.15) is 9.94 Å². The van der Waals surface area contributed by atoms with E-state index in [0.717, 1.165) is 15.9 Å². The first-order valence-electron chi connectivity index (χ1n) is 8.49. The number of likely N-dealkylation sites (N-methyl/N-ethyl adjacent to an activating group) is 1. The highest BCUT2D eigenvalue weighted by molar-refractivity contribution is 9.11. The largest absolute Gasteiger partial charge is 0.455 e. The van der Waals surface area contributed by atoms with E-state index in [9.17, 15) is 14.4 Å². The zero-order valence-corrected chi connectivity index (χ0v) is 18.4. The van der Waals surface area contributed by atoms with Crippen molar-refractivity contribution in [3.63, 3.8) is 0 Å². The molecule has 0 fully saturated rings. The van der Waals surface area contributed by atoms with Crippen LogP contribution >= 0.6 is 31.9 Å². The number of nitriles is 1. The highest BCUT2D eigenvalue weighted by Gasteiger charge is 2.24. The number of carbonyl (C=O) groups excluding carboxylic acids is 1. The van der Waals surface area contributed by atoms with Gasteiger partial charge >= 0.3 is 5.69 Å². The van der Waals surface area contributed by atoms with E-state index in [1.54, 1.807) is 42.3 Å². The summed E-state index contributed by atoms with van der Waals surface area (Å²) in [6, 6.07) is 10.2. The van der Waals surface area contributed by atoms with Gasteiger partial charge in [-0.3, -0.25) is 14.6 Å². The highest BCUT2D eigenvalue weighted by Crippen LogP contribution is 2.40. The minimum Gasteiger partial charge on any atom is -0.455 e. The van der Waals surface area contributed by atoms with E-state index in [2.05, 4.69) is 41.9 Å². The van der Waals surface area contributed by atoms with Crippen molar-refractivity contribution in [3.05, 3.63) is 71.4 Å². The average Bonchev–Trinajstić information content (AvgIpc) is 2.98. The molecule has 0 saturated carbocycles. The molecule has 1 aromatic heterocycles. The van der Waals surface area contributed by atoms with Gasteiger partial charge in [-0.05, 0) is 67.8 Å². The zero-order valence-electron chi connectivity index (χ0n) is 15.3. The standard InChI is InChI=1S/C19H11Br2N5O4/c1-25-15-3-2-11(4-9(15)5-16(25)27)30-17-12(20)6-10(7-13(17)21)26-19(29)23-18(28)14(8-22)24-26/h2-4,6-7H,5H2,1H3,(H,23,28,29). The van der Waals surface area contributed by atoms with E-state index in [1.807, 2.05) is 6.07 Å². The van der Waals surface area contributed by atoms with Crippen molar-refractivity contribution in [1.29, 1.82) is 5.26 Å². The average molecular weight is 533 g/mol. The number of ether oxygens (including phenoxy) is 1. The number of hydrogen-bond donors (Lipinski definition) is 1. The van der Waals surface area contributed by atoms with Crippen molar-refractivity contribution in [2.75, 3.05) is 11.9 Å². The summed E-state index contributed by atoms with van der Waals surface area (Å²) in [6.45, 7) is 0.